The van der Waals surface area contributed by atoms with Crippen LogP contribution in [0.4, 0.5) is 0 Å². The molecule has 0 aliphatic carbocycles. The second-order valence-corrected chi connectivity index (χ2v) is 7.24. The Morgan fingerprint density at radius 2 is 1.84 bits per heavy atom. The van der Waals surface area contributed by atoms with Crippen molar-refractivity contribution in [3.8, 4) is 22.7 Å². The highest BCUT2D eigenvalue weighted by atomic mass is 35.5. The van der Waals surface area contributed by atoms with Gasteiger partial charge in [0.2, 0.25) is 0 Å². The first-order valence-corrected chi connectivity index (χ1v) is 10.2. The topological polar surface area (TPSA) is 69.0 Å². The van der Waals surface area contributed by atoms with Crippen LogP contribution in [0, 0.1) is 0 Å². The fourth-order valence-electron chi connectivity index (χ4n) is 3.20. The van der Waals surface area contributed by atoms with Crippen molar-refractivity contribution < 1.29 is 9.53 Å². The number of carbonyl (C=O) groups excluding carboxylic acids is 1. The number of rotatable bonds is 7. The Hall–Kier alpha value is -3.64. The number of ether oxygens (including phenoxy) is 1. The molecule has 0 fully saturated rings. The van der Waals surface area contributed by atoms with E-state index in [-0.39, 0.29) is 5.91 Å². The monoisotopic (exact) mass is 432 g/mol. The SMILES string of the molecule is COc1ccc(-n2nc(-c3ccccc3Cl)cc2C(=O)NCCc2ccccn2)cc1. The zero-order valence-corrected chi connectivity index (χ0v) is 17.7. The van der Waals surface area contributed by atoms with E-state index >= 15 is 0 Å². The second-order valence-electron chi connectivity index (χ2n) is 6.83. The van der Waals surface area contributed by atoms with Crippen molar-refractivity contribution >= 4 is 17.5 Å². The fourth-order valence-corrected chi connectivity index (χ4v) is 3.44. The maximum Gasteiger partial charge on any atom is 0.270 e. The molecule has 7 heteroatoms. The molecule has 1 N–H and O–H groups in total. The second kappa shape index (κ2) is 9.45. The summed E-state index contributed by atoms with van der Waals surface area (Å²) in [4.78, 5) is 17.3. The molecule has 4 rings (SSSR count). The summed E-state index contributed by atoms with van der Waals surface area (Å²) < 4.78 is 6.86. The Morgan fingerprint density at radius 1 is 1.06 bits per heavy atom. The van der Waals surface area contributed by atoms with E-state index in [1.807, 2.05) is 60.7 Å². The number of benzene rings is 2. The van der Waals surface area contributed by atoms with E-state index in [9.17, 15) is 4.79 Å². The molecular weight excluding hydrogens is 412 g/mol. The van der Waals surface area contributed by atoms with Gasteiger partial charge in [-0.1, -0.05) is 35.9 Å². The number of carbonyl (C=O) groups is 1. The zero-order valence-electron chi connectivity index (χ0n) is 17.0. The predicted octanol–water partition coefficient (Wildman–Crippen LogP) is 4.57. The molecule has 1 amide bonds. The lowest BCUT2D eigenvalue weighted by Gasteiger charge is -2.09. The third-order valence-corrected chi connectivity index (χ3v) is 5.13. The van der Waals surface area contributed by atoms with Crippen LogP contribution in [0.2, 0.25) is 5.02 Å². The first kappa shape index (κ1) is 20.6. The first-order valence-electron chi connectivity index (χ1n) is 9.83. The lowest BCUT2D eigenvalue weighted by Crippen LogP contribution is -2.28. The number of nitrogens with one attached hydrogen (secondary N) is 1. The van der Waals surface area contributed by atoms with Crippen LogP contribution < -0.4 is 10.1 Å². The molecule has 0 bridgehead atoms. The van der Waals surface area contributed by atoms with E-state index in [0.717, 1.165) is 22.7 Å². The quantitative estimate of drug-likeness (QED) is 0.464. The molecule has 0 spiro atoms. The fraction of sp³-hybridized carbons (Fsp3) is 0.125. The number of hydrogen-bond acceptors (Lipinski definition) is 4. The van der Waals surface area contributed by atoms with Gasteiger partial charge in [-0.2, -0.15) is 5.10 Å². The molecule has 2 aromatic heterocycles. The molecule has 0 aliphatic heterocycles. The molecule has 2 aromatic carbocycles. The summed E-state index contributed by atoms with van der Waals surface area (Å²) in [5, 5.41) is 8.21. The number of nitrogens with zero attached hydrogens (tertiary/aromatic N) is 3. The average molecular weight is 433 g/mol. The van der Waals surface area contributed by atoms with Crippen molar-refractivity contribution in [1.82, 2.24) is 20.1 Å². The summed E-state index contributed by atoms with van der Waals surface area (Å²) in [7, 11) is 1.61. The standard InChI is InChI=1S/C24H21ClN4O2/c1-31-19-11-9-18(10-12-19)29-23(16-22(28-29)20-7-2-3-8-21(20)25)24(30)27-15-13-17-6-4-5-14-26-17/h2-12,14,16H,13,15H2,1H3,(H,27,30). The molecule has 0 unspecified atom stereocenters. The minimum absolute atomic E-state index is 0.224. The van der Waals surface area contributed by atoms with Crippen LogP contribution in [0.1, 0.15) is 16.2 Å². The van der Waals surface area contributed by atoms with E-state index in [1.165, 1.54) is 0 Å². The van der Waals surface area contributed by atoms with Crippen molar-refractivity contribution in [3.05, 3.63) is 95.4 Å². The maximum atomic E-state index is 13.0. The first-order chi connectivity index (χ1) is 15.2. The van der Waals surface area contributed by atoms with E-state index in [2.05, 4.69) is 15.4 Å². The van der Waals surface area contributed by atoms with Gasteiger partial charge in [0.25, 0.3) is 5.91 Å². The van der Waals surface area contributed by atoms with Crippen LogP contribution in [-0.4, -0.2) is 34.3 Å². The maximum absolute atomic E-state index is 13.0. The molecule has 0 saturated carbocycles. The lowest BCUT2D eigenvalue weighted by molar-refractivity contribution is 0.0946. The van der Waals surface area contributed by atoms with Crippen LogP contribution in [0.3, 0.4) is 0 Å². The highest BCUT2D eigenvalue weighted by Gasteiger charge is 2.18. The molecule has 31 heavy (non-hydrogen) atoms. The Labute approximate surface area is 185 Å². The van der Waals surface area contributed by atoms with Gasteiger partial charge in [0.15, 0.2) is 0 Å². The lowest BCUT2D eigenvalue weighted by atomic mass is 10.1. The molecule has 4 aromatic rings. The van der Waals surface area contributed by atoms with Crippen molar-refractivity contribution in [3.63, 3.8) is 0 Å². The number of pyridine rings is 1. The van der Waals surface area contributed by atoms with Crippen molar-refractivity contribution in [2.45, 2.75) is 6.42 Å². The van der Waals surface area contributed by atoms with E-state index in [0.29, 0.717) is 29.4 Å². The van der Waals surface area contributed by atoms with Gasteiger partial charge in [-0.05, 0) is 48.5 Å². The van der Waals surface area contributed by atoms with Gasteiger partial charge in [0.1, 0.15) is 11.4 Å². The van der Waals surface area contributed by atoms with Crippen molar-refractivity contribution in [1.29, 1.82) is 0 Å². The van der Waals surface area contributed by atoms with Crippen molar-refractivity contribution in [2.24, 2.45) is 0 Å². The third-order valence-electron chi connectivity index (χ3n) is 4.80. The summed E-state index contributed by atoms with van der Waals surface area (Å²) in [6, 6.07) is 22.3. The van der Waals surface area contributed by atoms with E-state index in [1.54, 1.807) is 30.1 Å². The molecule has 0 aliphatic rings. The van der Waals surface area contributed by atoms with Gasteiger partial charge in [-0.15, -0.1) is 0 Å². The van der Waals surface area contributed by atoms with E-state index < -0.39 is 0 Å². The summed E-state index contributed by atoms with van der Waals surface area (Å²) in [6.45, 7) is 0.463. The van der Waals surface area contributed by atoms with Gasteiger partial charge in [0.05, 0.1) is 23.5 Å². The molecule has 0 radical (unpaired) electrons. The smallest absolute Gasteiger partial charge is 0.270 e. The highest BCUT2D eigenvalue weighted by molar-refractivity contribution is 6.33. The third kappa shape index (κ3) is 4.75. The number of halogens is 1. The molecule has 0 atom stereocenters. The summed E-state index contributed by atoms with van der Waals surface area (Å²) in [6.07, 6.45) is 2.38. The summed E-state index contributed by atoms with van der Waals surface area (Å²) in [5.74, 6) is 0.501. The van der Waals surface area contributed by atoms with Crippen LogP contribution in [0.5, 0.6) is 5.75 Å². The Kier molecular flexibility index (Phi) is 6.29. The number of methoxy groups -OCH3 is 1. The Balaban J connectivity index is 1.63. The normalized spacial score (nSPS) is 10.6. The van der Waals surface area contributed by atoms with E-state index in [4.69, 9.17) is 16.3 Å². The predicted molar refractivity (Wildman–Crippen MR) is 121 cm³/mol. The summed E-state index contributed by atoms with van der Waals surface area (Å²) in [5.41, 5.74) is 3.47. The Morgan fingerprint density at radius 3 is 2.55 bits per heavy atom. The van der Waals surface area contributed by atoms with Crippen LogP contribution in [0.15, 0.2) is 79.0 Å². The molecule has 2 heterocycles. The van der Waals surface area contributed by atoms with Gasteiger partial charge in [-0.3, -0.25) is 9.78 Å². The van der Waals surface area contributed by atoms with Gasteiger partial charge < -0.3 is 10.1 Å². The number of amides is 1. The van der Waals surface area contributed by atoms with Gasteiger partial charge >= 0.3 is 0 Å². The number of aromatic nitrogens is 3. The summed E-state index contributed by atoms with van der Waals surface area (Å²) >= 11 is 6.36. The van der Waals surface area contributed by atoms with Crippen LogP contribution in [0.25, 0.3) is 16.9 Å². The average Bonchev–Trinajstić information content (AvgIpc) is 3.25. The van der Waals surface area contributed by atoms with Crippen LogP contribution >= 0.6 is 11.6 Å². The largest absolute Gasteiger partial charge is 0.497 e. The molecular formula is C24H21ClN4O2. The molecule has 156 valence electrons. The Bertz CT molecular complexity index is 1170. The highest BCUT2D eigenvalue weighted by Crippen LogP contribution is 2.28. The molecule has 0 saturated heterocycles. The van der Waals surface area contributed by atoms with Crippen LogP contribution in [-0.2, 0) is 6.42 Å². The van der Waals surface area contributed by atoms with Gasteiger partial charge in [0, 0.05) is 30.4 Å². The van der Waals surface area contributed by atoms with Gasteiger partial charge in [-0.25, -0.2) is 4.68 Å². The molecule has 6 nitrogen and oxygen atoms in total. The minimum atomic E-state index is -0.224. The van der Waals surface area contributed by atoms with Crippen molar-refractivity contribution in [2.75, 3.05) is 13.7 Å². The number of hydrogen-bond donors (Lipinski definition) is 1. The zero-order chi connectivity index (χ0) is 21.6. The minimum Gasteiger partial charge on any atom is -0.497 e.